The largest absolute Gasteiger partial charge is 0.469 e. The summed E-state index contributed by atoms with van der Waals surface area (Å²) in [6.45, 7) is 0. The minimum Gasteiger partial charge on any atom is -0.469 e. The van der Waals surface area contributed by atoms with Gasteiger partial charge in [-0.1, -0.05) is 11.6 Å². The predicted molar refractivity (Wildman–Crippen MR) is 47.7 cm³/mol. The third-order valence-electron chi connectivity index (χ3n) is 1.51. The first-order valence-corrected chi connectivity index (χ1v) is 4.29. The van der Waals surface area contributed by atoms with Crippen molar-refractivity contribution >= 4 is 17.6 Å². The molecule has 15 heavy (non-hydrogen) atoms. The number of carbonyl (C=O) groups is 1. The fourth-order valence-corrected chi connectivity index (χ4v) is 1.10. The first kappa shape index (κ1) is 11.8. The Morgan fingerprint density at radius 2 is 2.27 bits per heavy atom. The molecule has 0 amide bonds. The molecule has 1 aromatic rings. The van der Waals surface area contributed by atoms with Crippen LogP contribution in [0.25, 0.3) is 0 Å². The van der Waals surface area contributed by atoms with Crippen molar-refractivity contribution in [3.8, 4) is 0 Å². The highest BCUT2D eigenvalue weighted by Gasteiger charge is 2.14. The molecule has 0 aliphatic heterocycles. The van der Waals surface area contributed by atoms with Crippen LogP contribution in [0.2, 0.25) is 5.15 Å². The zero-order valence-corrected chi connectivity index (χ0v) is 8.46. The number of alkyl halides is 2. The van der Waals surface area contributed by atoms with Crippen molar-refractivity contribution in [3.63, 3.8) is 0 Å². The van der Waals surface area contributed by atoms with Gasteiger partial charge in [0, 0.05) is 0 Å². The summed E-state index contributed by atoms with van der Waals surface area (Å²) in [4.78, 5) is 17.7. The molecule has 0 N–H and O–H groups in total. The molecule has 0 spiro atoms. The van der Waals surface area contributed by atoms with Crippen molar-refractivity contribution in [1.82, 2.24) is 9.97 Å². The van der Waals surface area contributed by atoms with E-state index in [-0.39, 0.29) is 17.3 Å². The van der Waals surface area contributed by atoms with Crippen LogP contribution in [-0.4, -0.2) is 23.0 Å². The van der Waals surface area contributed by atoms with Gasteiger partial charge in [-0.25, -0.2) is 18.7 Å². The molecule has 0 saturated heterocycles. The number of halogens is 3. The number of hydrogen-bond acceptors (Lipinski definition) is 4. The van der Waals surface area contributed by atoms with Gasteiger partial charge in [0.2, 0.25) is 0 Å². The fraction of sp³-hybridized carbons (Fsp3) is 0.375. The standard InChI is InChI=1S/C8H7ClF2N2O2/c1-15-6(14)3-4-2-5(9)13-8(12-4)7(10)11/h2,7H,3H2,1H3. The highest BCUT2D eigenvalue weighted by molar-refractivity contribution is 6.29. The van der Waals surface area contributed by atoms with Gasteiger partial charge in [0.1, 0.15) is 5.15 Å². The number of hydrogen-bond donors (Lipinski definition) is 0. The molecule has 82 valence electrons. The first-order valence-electron chi connectivity index (χ1n) is 3.91. The van der Waals surface area contributed by atoms with Gasteiger partial charge in [0.15, 0.2) is 5.82 Å². The van der Waals surface area contributed by atoms with Crippen LogP contribution in [0.15, 0.2) is 6.07 Å². The SMILES string of the molecule is COC(=O)Cc1cc(Cl)nc(C(F)F)n1. The lowest BCUT2D eigenvalue weighted by molar-refractivity contribution is -0.139. The number of nitrogens with zero attached hydrogens (tertiary/aromatic N) is 2. The number of carbonyl (C=O) groups excluding carboxylic acids is 1. The van der Waals surface area contributed by atoms with Gasteiger partial charge in [-0.3, -0.25) is 4.79 Å². The molecular formula is C8H7ClF2N2O2. The smallest absolute Gasteiger partial charge is 0.311 e. The van der Waals surface area contributed by atoms with E-state index in [1.54, 1.807) is 0 Å². The van der Waals surface area contributed by atoms with E-state index in [1.165, 1.54) is 13.2 Å². The van der Waals surface area contributed by atoms with Crippen molar-refractivity contribution in [2.75, 3.05) is 7.11 Å². The molecule has 0 aromatic carbocycles. The average Bonchev–Trinajstić information content (AvgIpc) is 2.16. The topological polar surface area (TPSA) is 52.1 Å². The van der Waals surface area contributed by atoms with Gasteiger partial charge in [-0.15, -0.1) is 0 Å². The molecule has 0 aliphatic rings. The van der Waals surface area contributed by atoms with Crippen LogP contribution < -0.4 is 0 Å². The molecule has 0 fully saturated rings. The number of rotatable bonds is 3. The van der Waals surface area contributed by atoms with E-state index < -0.39 is 18.2 Å². The molecule has 1 heterocycles. The Hall–Kier alpha value is -1.30. The highest BCUT2D eigenvalue weighted by atomic mass is 35.5. The minimum absolute atomic E-state index is 0.108. The monoisotopic (exact) mass is 236 g/mol. The van der Waals surface area contributed by atoms with Crippen molar-refractivity contribution in [2.24, 2.45) is 0 Å². The van der Waals surface area contributed by atoms with Crippen molar-refractivity contribution in [3.05, 3.63) is 22.7 Å². The quantitative estimate of drug-likeness (QED) is 0.593. The molecule has 0 atom stereocenters. The van der Waals surface area contributed by atoms with Gasteiger partial charge >= 0.3 is 5.97 Å². The lowest BCUT2D eigenvalue weighted by Crippen LogP contribution is -2.08. The second-order valence-electron chi connectivity index (χ2n) is 2.59. The fourth-order valence-electron chi connectivity index (χ4n) is 0.892. The van der Waals surface area contributed by atoms with Crippen LogP contribution in [0.5, 0.6) is 0 Å². The van der Waals surface area contributed by atoms with E-state index in [9.17, 15) is 13.6 Å². The molecule has 0 radical (unpaired) electrons. The highest BCUT2D eigenvalue weighted by Crippen LogP contribution is 2.17. The first-order chi connectivity index (χ1) is 7.02. The van der Waals surface area contributed by atoms with Gasteiger partial charge in [-0.2, -0.15) is 0 Å². The van der Waals surface area contributed by atoms with Crippen LogP contribution in [-0.2, 0) is 16.0 Å². The molecule has 0 aliphatic carbocycles. The average molecular weight is 237 g/mol. The molecule has 4 nitrogen and oxygen atoms in total. The van der Waals surface area contributed by atoms with Gasteiger partial charge in [0.05, 0.1) is 19.2 Å². The maximum atomic E-state index is 12.2. The Kier molecular flexibility index (Phi) is 3.90. The van der Waals surface area contributed by atoms with E-state index in [1.807, 2.05) is 0 Å². The Morgan fingerprint density at radius 1 is 1.60 bits per heavy atom. The summed E-state index contributed by atoms with van der Waals surface area (Å²) in [5, 5.41) is -0.126. The number of esters is 1. The third kappa shape index (κ3) is 3.39. The number of methoxy groups -OCH3 is 1. The Bertz CT molecular complexity index is 374. The summed E-state index contributed by atoms with van der Waals surface area (Å²) < 4.78 is 28.9. The van der Waals surface area contributed by atoms with Crippen molar-refractivity contribution in [1.29, 1.82) is 0 Å². The minimum atomic E-state index is -2.82. The van der Waals surface area contributed by atoms with Gasteiger partial charge in [-0.05, 0) is 6.07 Å². The normalized spacial score (nSPS) is 10.5. The molecular weight excluding hydrogens is 230 g/mol. The maximum Gasteiger partial charge on any atom is 0.311 e. The van der Waals surface area contributed by atoms with Crippen LogP contribution in [0.4, 0.5) is 8.78 Å². The van der Waals surface area contributed by atoms with Crippen LogP contribution in [0, 0.1) is 0 Å². The van der Waals surface area contributed by atoms with E-state index in [4.69, 9.17) is 11.6 Å². The Balaban J connectivity index is 2.93. The number of aromatic nitrogens is 2. The second kappa shape index (κ2) is 4.97. The van der Waals surface area contributed by atoms with Gasteiger partial charge in [0.25, 0.3) is 6.43 Å². The predicted octanol–water partition coefficient (Wildman–Crippen LogP) is 1.78. The molecule has 1 rings (SSSR count). The third-order valence-corrected chi connectivity index (χ3v) is 1.71. The van der Waals surface area contributed by atoms with E-state index in [0.29, 0.717) is 0 Å². The van der Waals surface area contributed by atoms with E-state index in [0.717, 1.165) is 0 Å². The molecule has 0 bridgehead atoms. The summed E-state index contributed by atoms with van der Waals surface area (Å²) in [5.74, 6) is -1.27. The number of ether oxygens (including phenoxy) is 1. The molecule has 7 heteroatoms. The second-order valence-corrected chi connectivity index (χ2v) is 2.98. The Labute approximate surface area is 89.2 Å². The van der Waals surface area contributed by atoms with E-state index >= 15 is 0 Å². The zero-order valence-electron chi connectivity index (χ0n) is 7.71. The summed E-state index contributed by atoms with van der Waals surface area (Å²) in [7, 11) is 1.19. The molecule has 0 unspecified atom stereocenters. The van der Waals surface area contributed by atoms with Crippen molar-refractivity contribution < 1.29 is 18.3 Å². The van der Waals surface area contributed by atoms with Crippen LogP contribution in [0.3, 0.4) is 0 Å². The summed E-state index contributed by atoms with van der Waals surface area (Å²) in [6, 6.07) is 1.24. The summed E-state index contributed by atoms with van der Waals surface area (Å²) in [5.41, 5.74) is 0.108. The summed E-state index contributed by atoms with van der Waals surface area (Å²) in [6.07, 6.45) is -3.03. The molecule has 1 aromatic heterocycles. The zero-order chi connectivity index (χ0) is 11.4. The van der Waals surface area contributed by atoms with E-state index in [2.05, 4.69) is 14.7 Å². The van der Waals surface area contributed by atoms with Gasteiger partial charge < -0.3 is 4.74 Å². The summed E-state index contributed by atoms with van der Waals surface area (Å²) >= 11 is 5.48. The van der Waals surface area contributed by atoms with Crippen LogP contribution >= 0.6 is 11.6 Å². The van der Waals surface area contributed by atoms with Crippen LogP contribution in [0.1, 0.15) is 17.9 Å². The molecule has 0 saturated carbocycles. The lowest BCUT2D eigenvalue weighted by Gasteiger charge is -2.03. The Morgan fingerprint density at radius 3 is 2.80 bits per heavy atom. The maximum absolute atomic E-state index is 12.2. The lowest BCUT2D eigenvalue weighted by atomic mass is 10.3. The van der Waals surface area contributed by atoms with Crippen molar-refractivity contribution in [2.45, 2.75) is 12.8 Å².